The first kappa shape index (κ1) is 20.1. The van der Waals surface area contributed by atoms with Crippen LogP contribution in [0.25, 0.3) is 0 Å². The fourth-order valence-corrected chi connectivity index (χ4v) is 4.02. The second kappa shape index (κ2) is 10.0. The molecule has 2 amide bonds. The Morgan fingerprint density at radius 3 is 2.08 bits per heavy atom. The van der Waals surface area contributed by atoms with E-state index in [0.717, 1.165) is 25.0 Å². The number of rotatable bonds is 8. The van der Waals surface area contributed by atoms with Crippen LogP contribution in [0.3, 0.4) is 0 Å². The number of carboxylic acids is 3. The summed E-state index contributed by atoms with van der Waals surface area (Å²) in [4.78, 5) is 40.7. The molecule has 9 nitrogen and oxygen atoms in total. The Morgan fingerprint density at radius 2 is 1.54 bits per heavy atom. The fourth-order valence-electron chi connectivity index (χ4n) is 2.48. The van der Waals surface area contributed by atoms with E-state index in [-0.39, 0.29) is 37.4 Å². The number of amides is 2. The first-order valence-electron chi connectivity index (χ1n) is 7.63. The molecule has 136 valence electrons. The van der Waals surface area contributed by atoms with E-state index in [4.69, 9.17) is 15.3 Å². The summed E-state index contributed by atoms with van der Waals surface area (Å²) in [5.41, 5.74) is 0. The van der Waals surface area contributed by atoms with Gasteiger partial charge in [-0.05, 0) is 12.8 Å². The van der Waals surface area contributed by atoms with Crippen LogP contribution in [0.2, 0.25) is 0 Å². The molecular weight excluding hydrogens is 340 g/mol. The van der Waals surface area contributed by atoms with E-state index < -0.39 is 17.9 Å². The Balaban J connectivity index is 0.000000307. The first-order chi connectivity index (χ1) is 11.3. The topological polar surface area (TPSA) is 153 Å². The lowest BCUT2D eigenvalue weighted by atomic mass is 10.0. The van der Waals surface area contributed by atoms with Gasteiger partial charge in [0.25, 0.3) is 0 Å². The molecule has 0 spiro atoms. The minimum absolute atomic E-state index is 0.0640. The highest BCUT2D eigenvalue weighted by molar-refractivity contribution is 8.00. The van der Waals surface area contributed by atoms with Crippen LogP contribution in [0.5, 0.6) is 0 Å². The highest BCUT2D eigenvalue weighted by atomic mass is 32.2. The number of carboxylic acid groups (broad SMARTS) is 3. The number of hydrogen-bond acceptors (Lipinski definition) is 5. The van der Waals surface area contributed by atoms with Gasteiger partial charge in [0.05, 0.1) is 24.9 Å². The van der Waals surface area contributed by atoms with Crippen molar-refractivity contribution >= 4 is 35.7 Å². The van der Waals surface area contributed by atoms with Crippen LogP contribution < -0.4 is 10.6 Å². The number of hydrogen-bond donors (Lipinski definition) is 5. The maximum absolute atomic E-state index is 11.1. The van der Waals surface area contributed by atoms with E-state index in [0.29, 0.717) is 5.25 Å². The summed E-state index contributed by atoms with van der Waals surface area (Å²) >= 11 is 1.87. The Bertz CT molecular complexity index is 472. The molecule has 2 aliphatic heterocycles. The van der Waals surface area contributed by atoms with Gasteiger partial charge in [-0.25, -0.2) is 4.79 Å². The summed E-state index contributed by atoms with van der Waals surface area (Å²) in [7, 11) is 0. The largest absolute Gasteiger partial charge is 0.481 e. The molecule has 0 bridgehead atoms. The van der Waals surface area contributed by atoms with Crippen LogP contribution in [-0.4, -0.2) is 62.3 Å². The summed E-state index contributed by atoms with van der Waals surface area (Å²) in [5, 5.41) is 30.6. The lowest BCUT2D eigenvalue weighted by Crippen LogP contribution is -2.36. The van der Waals surface area contributed by atoms with Crippen LogP contribution >= 0.6 is 11.8 Å². The van der Waals surface area contributed by atoms with E-state index in [9.17, 15) is 19.2 Å². The third-order valence-electron chi connectivity index (χ3n) is 3.62. The SMILES string of the molecule is O=C(O)CCC(=O)O.O=C(O)CCCC[C@@H]1SC[C@@H]2NC(=O)N[C@@H]21. The number of nitrogens with one attached hydrogen (secondary N) is 2. The molecule has 2 aliphatic rings. The van der Waals surface area contributed by atoms with Gasteiger partial charge in [0, 0.05) is 17.4 Å². The van der Waals surface area contributed by atoms with Gasteiger partial charge in [0.1, 0.15) is 0 Å². The smallest absolute Gasteiger partial charge is 0.315 e. The Hall–Kier alpha value is -1.97. The quantitative estimate of drug-likeness (QED) is 0.313. The van der Waals surface area contributed by atoms with Gasteiger partial charge in [0.15, 0.2) is 0 Å². The average Bonchev–Trinajstić information content (AvgIpc) is 3.01. The van der Waals surface area contributed by atoms with Crippen molar-refractivity contribution in [1.29, 1.82) is 0 Å². The summed E-state index contributed by atoms with van der Waals surface area (Å²) in [6, 6.07) is 0.440. The number of urea groups is 1. The molecule has 5 N–H and O–H groups in total. The van der Waals surface area contributed by atoms with Crippen molar-refractivity contribution in [2.45, 2.75) is 55.9 Å². The standard InChI is InChI=1S/C10H16N2O3S.C4H6O4/c13-8(14)4-2-1-3-7-9-6(5-16-7)11-10(15)12-9;5-3(6)1-2-4(7)8/h6-7,9H,1-5H2,(H,13,14)(H2,11,12,15);1-2H2,(H,5,6)(H,7,8)/t6-,7-,9-;/m0./s1. The molecule has 2 saturated heterocycles. The van der Waals surface area contributed by atoms with Gasteiger partial charge in [-0.3, -0.25) is 14.4 Å². The molecular formula is C14H22N2O7S. The van der Waals surface area contributed by atoms with Gasteiger partial charge in [-0.15, -0.1) is 0 Å². The molecule has 3 atom stereocenters. The number of thioether (sulfide) groups is 1. The lowest BCUT2D eigenvalue weighted by Gasteiger charge is -2.16. The van der Waals surface area contributed by atoms with Gasteiger partial charge < -0.3 is 26.0 Å². The normalized spacial score (nSPS) is 24.2. The van der Waals surface area contributed by atoms with Crippen LogP contribution in [0.15, 0.2) is 0 Å². The summed E-state index contributed by atoms with van der Waals surface area (Å²) in [6.45, 7) is 0. The molecule has 0 unspecified atom stereocenters. The van der Waals surface area contributed by atoms with Crippen LogP contribution in [0.1, 0.15) is 38.5 Å². The predicted octanol–water partition coefficient (Wildman–Crippen LogP) is 0.733. The van der Waals surface area contributed by atoms with Crippen molar-refractivity contribution in [1.82, 2.24) is 10.6 Å². The van der Waals surface area contributed by atoms with E-state index in [1.807, 2.05) is 11.8 Å². The summed E-state index contributed by atoms with van der Waals surface area (Å²) in [6.07, 6.45) is 2.29. The van der Waals surface area contributed by atoms with E-state index in [2.05, 4.69) is 10.6 Å². The van der Waals surface area contributed by atoms with Gasteiger partial charge in [-0.1, -0.05) is 6.42 Å². The Kier molecular flexibility index (Phi) is 8.37. The number of carbonyl (C=O) groups excluding carboxylic acids is 1. The van der Waals surface area contributed by atoms with E-state index in [1.54, 1.807) is 0 Å². The van der Waals surface area contributed by atoms with Crippen LogP contribution in [-0.2, 0) is 14.4 Å². The molecule has 10 heteroatoms. The second-order valence-corrected chi connectivity index (χ2v) is 6.82. The zero-order chi connectivity index (χ0) is 18.1. The van der Waals surface area contributed by atoms with Crippen molar-refractivity contribution in [2.75, 3.05) is 5.75 Å². The predicted molar refractivity (Wildman–Crippen MR) is 86.1 cm³/mol. The van der Waals surface area contributed by atoms with Crippen LogP contribution in [0.4, 0.5) is 4.79 Å². The average molecular weight is 362 g/mol. The zero-order valence-corrected chi connectivity index (χ0v) is 13.9. The van der Waals surface area contributed by atoms with Crippen molar-refractivity contribution < 1.29 is 34.5 Å². The van der Waals surface area contributed by atoms with Crippen molar-refractivity contribution in [3.05, 3.63) is 0 Å². The minimum atomic E-state index is -1.08. The van der Waals surface area contributed by atoms with Crippen LogP contribution in [0, 0.1) is 0 Å². The van der Waals surface area contributed by atoms with Gasteiger partial charge in [0.2, 0.25) is 0 Å². The first-order valence-corrected chi connectivity index (χ1v) is 8.68. The molecule has 0 aromatic carbocycles. The number of aliphatic carboxylic acids is 3. The summed E-state index contributed by atoms with van der Waals surface area (Å²) in [5.74, 6) is -1.92. The highest BCUT2D eigenvalue weighted by Crippen LogP contribution is 2.33. The van der Waals surface area contributed by atoms with E-state index in [1.165, 1.54) is 0 Å². The maximum atomic E-state index is 11.1. The molecule has 2 fully saturated rings. The number of fused-ring (bicyclic) bond motifs is 1. The highest BCUT2D eigenvalue weighted by Gasteiger charge is 2.42. The number of unbranched alkanes of at least 4 members (excludes halogenated alkanes) is 1. The minimum Gasteiger partial charge on any atom is -0.481 e. The Labute approximate surface area is 143 Å². The van der Waals surface area contributed by atoms with E-state index >= 15 is 0 Å². The van der Waals surface area contributed by atoms with Crippen molar-refractivity contribution in [2.24, 2.45) is 0 Å². The Morgan fingerprint density at radius 1 is 0.958 bits per heavy atom. The molecule has 0 saturated carbocycles. The molecule has 0 aromatic rings. The third-order valence-corrected chi connectivity index (χ3v) is 5.13. The maximum Gasteiger partial charge on any atom is 0.315 e. The molecule has 24 heavy (non-hydrogen) atoms. The summed E-state index contributed by atoms with van der Waals surface area (Å²) < 4.78 is 0. The lowest BCUT2D eigenvalue weighted by molar-refractivity contribution is -0.143. The van der Waals surface area contributed by atoms with Crippen molar-refractivity contribution in [3.63, 3.8) is 0 Å². The molecule has 0 aromatic heterocycles. The molecule has 2 heterocycles. The third kappa shape index (κ3) is 7.53. The molecule has 0 aliphatic carbocycles. The zero-order valence-electron chi connectivity index (χ0n) is 13.1. The fraction of sp³-hybridized carbons (Fsp3) is 0.714. The van der Waals surface area contributed by atoms with Gasteiger partial charge in [-0.2, -0.15) is 11.8 Å². The second-order valence-electron chi connectivity index (χ2n) is 5.55. The monoisotopic (exact) mass is 362 g/mol. The molecule has 2 rings (SSSR count). The van der Waals surface area contributed by atoms with Gasteiger partial charge >= 0.3 is 23.9 Å². The van der Waals surface area contributed by atoms with Crippen molar-refractivity contribution in [3.8, 4) is 0 Å². The molecule has 0 radical (unpaired) electrons. The number of carbonyl (C=O) groups is 4.